The Morgan fingerprint density at radius 2 is 1.95 bits per heavy atom. The van der Waals surface area contributed by atoms with Crippen molar-refractivity contribution in [2.24, 2.45) is 0 Å². The van der Waals surface area contributed by atoms with Crippen LogP contribution in [0.3, 0.4) is 0 Å². The molecule has 2 saturated heterocycles. The van der Waals surface area contributed by atoms with E-state index in [1.165, 1.54) is 6.07 Å². The van der Waals surface area contributed by atoms with E-state index >= 15 is 0 Å². The van der Waals surface area contributed by atoms with E-state index in [0.29, 0.717) is 39.1 Å². The molecule has 0 radical (unpaired) electrons. The molecular formula is C15H19F2N3O2. The number of amides is 1. The smallest absolute Gasteiger partial charge is 0.239 e. The molecule has 0 saturated carbocycles. The summed E-state index contributed by atoms with van der Waals surface area (Å²) in [7, 11) is 0. The zero-order chi connectivity index (χ0) is 15.7. The normalized spacial score (nSPS) is 25.6. The van der Waals surface area contributed by atoms with Gasteiger partial charge in [-0.3, -0.25) is 4.79 Å². The van der Waals surface area contributed by atoms with Crippen molar-refractivity contribution in [1.82, 2.24) is 10.2 Å². The fraction of sp³-hybridized carbons (Fsp3) is 0.533. The zero-order valence-electron chi connectivity index (χ0n) is 12.1. The number of carbonyl (C=O) groups is 1. The van der Waals surface area contributed by atoms with Crippen molar-refractivity contribution in [3.8, 4) is 0 Å². The molecule has 0 spiro atoms. The van der Waals surface area contributed by atoms with Gasteiger partial charge in [0.25, 0.3) is 0 Å². The zero-order valence-corrected chi connectivity index (χ0v) is 12.1. The highest BCUT2D eigenvalue weighted by Gasteiger charge is 2.33. The van der Waals surface area contributed by atoms with Crippen molar-refractivity contribution < 1.29 is 18.7 Å². The molecule has 5 nitrogen and oxygen atoms in total. The van der Waals surface area contributed by atoms with Crippen LogP contribution in [0.4, 0.5) is 14.5 Å². The van der Waals surface area contributed by atoms with Gasteiger partial charge in [-0.2, -0.15) is 0 Å². The Morgan fingerprint density at radius 3 is 2.59 bits per heavy atom. The number of rotatable bonds is 2. The highest BCUT2D eigenvalue weighted by Crippen LogP contribution is 2.22. The topological polar surface area (TPSA) is 55.8 Å². The first-order valence-corrected chi connectivity index (χ1v) is 7.45. The van der Waals surface area contributed by atoms with E-state index in [1.54, 1.807) is 9.80 Å². The van der Waals surface area contributed by atoms with E-state index in [4.69, 9.17) is 0 Å². The van der Waals surface area contributed by atoms with Crippen LogP contribution in [0, 0.1) is 11.6 Å². The molecule has 1 amide bonds. The summed E-state index contributed by atoms with van der Waals surface area (Å²) in [6.07, 6.45) is -0.0472. The van der Waals surface area contributed by atoms with Gasteiger partial charge in [0.2, 0.25) is 5.91 Å². The maximum absolute atomic E-state index is 13.8. The first-order chi connectivity index (χ1) is 10.5. The van der Waals surface area contributed by atoms with Gasteiger partial charge < -0.3 is 20.2 Å². The number of hydrogen-bond acceptors (Lipinski definition) is 4. The monoisotopic (exact) mass is 311 g/mol. The number of nitrogens with one attached hydrogen (secondary N) is 1. The van der Waals surface area contributed by atoms with Crippen LogP contribution in [0.25, 0.3) is 0 Å². The van der Waals surface area contributed by atoms with Crippen LogP contribution < -0.4 is 10.2 Å². The van der Waals surface area contributed by atoms with E-state index < -0.39 is 17.7 Å². The lowest BCUT2D eigenvalue weighted by molar-refractivity contribution is -0.133. The van der Waals surface area contributed by atoms with Crippen molar-refractivity contribution in [2.75, 3.05) is 37.6 Å². The number of benzene rings is 1. The Labute approximate surface area is 127 Å². The molecule has 3 rings (SSSR count). The predicted molar refractivity (Wildman–Crippen MR) is 77.6 cm³/mol. The summed E-state index contributed by atoms with van der Waals surface area (Å²) in [4.78, 5) is 15.8. The maximum Gasteiger partial charge on any atom is 0.239 e. The SMILES string of the molecule is O=C(C1CC(O)CN1)N1CCN(c2cc(F)ccc2F)CC1. The Kier molecular flexibility index (Phi) is 4.26. The van der Waals surface area contributed by atoms with Gasteiger partial charge in [-0.05, 0) is 18.6 Å². The van der Waals surface area contributed by atoms with Crippen LogP contribution in [0.15, 0.2) is 18.2 Å². The molecular weight excluding hydrogens is 292 g/mol. The average molecular weight is 311 g/mol. The average Bonchev–Trinajstić information content (AvgIpc) is 2.96. The fourth-order valence-corrected chi connectivity index (χ4v) is 3.02. The second kappa shape index (κ2) is 6.18. The van der Waals surface area contributed by atoms with Gasteiger partial charge >= 0.3 is 0 Å². The lowest BCUT2D eigenvalue weighted by Crippen LogP contribution is -2.53. The molecule has 2 atom stereocenters. The summed E-state index contributed by atoms with van der Waals surface area (Å²) in [5.74, 6) is -0.961. The Morgan fingerprint density at radius 1 is 1.23 bits per heavy atom. The number of aliphatic hydroxyl groups is 1. The number of aliphatic hydroxyl groups excluding tert-OH is 1. The third-order valence-corrected chi connectivity index (χ3v) is 4.25. The molecule has 1 aromatic rings. The molecule has 2 unspecified atom stereocenters. The number of nitrogens with zero attached hydrogens (tertiary/aromatic N) is 2. The number of halogens is 2. The van der Waals surface area contributed by atoms with Gasteiger partial charge in [0.05, 0.1) is 17.8 Å². The van der Waals surface area contributed by atoms with Gasteiger partial charge in [0.1, 0.15) is 11.6 Å². The molecule has 1 aromatic carbocycles. The summed E-state index contributed by atoms with van der Waals surface area (Å²) in [5.41, 5.74) is 0.238. The van der Waals surface area contributed by atoms with Gasteiger partial charge in [-0.1, -0.05) is 0 Å². The molecule has 0 bridgehead atoms. The molecule has 2 aliphatic heterocycles. The minimum Gasteiger partial charge on any atom is -0.392 e. The van der Waals surface area contributed by atoms with Crippen LogP contribution in [0.5, 0.6) is 0 Å². The standard InChI is InChI=1S/C15H19F2N3O2/c16-10-1-2-12(17)14(7-10)19-3-5-20(6-4-19)15(22)13-8-11(21)9-18-13/h1-2,7,11,13,18,21H,3-6,8-9H2. The van der Waals surface area contributed by atoms with E-state index in [0.717, 1.165) is 12.1 Å². The Bertz CT molecular complexity index is 562. The van der Waals surface area contributed by atoms with E-state index in [9.17, 15) is 18.7 Å². The number of hydrogen-bond donors (Lipinski definition) is 2. The van der Waals surface area contributed by atoms with E-state index in [2.05, 4.69) is 5.32 Å². The molecule has 120 valence electrons. The summed E-state index contributed by atoms with van der Waals surface area (Å²) >= 11 is 0. The van der Waals surface area contributed by atoms with Crippen LogP contribution in [-0.4, -0.2) is 60.8 Å². The fourth-order valence-electron chi connectivity index (χ4n) is 3.02. The predicted octanol–water partition coefficient (Wildman–Crippen LogP) is 0.336. The lowest BCUT2D eigenvalue weighted by atomic mass is 10.1. The number of anilines is 1. The quantitative estimate of drug-likeness (QED) is 0.827. The minimum absolute atomic E-state index is 0.0316. The third-order valence-electron chi connectivity index (χ3n) is 4.25. The van der Waals surface area contributed by atoms with Crippen molar-refractivity contribution in [2.45, 2.75) is 18.6 Å². The van der Waals surface area contributed by atoms with Crippen molar-refractivity contribution >= 4 is 11.6 Å². The number of β-amino-alcohol motifs (C(OH)–C–C–N with tert-alkyl or cyclic N) is 1. The summed E-state index contributed by atoms with van der Waals surface area (Å²) in [6.45, 7) is 2.28. The summed E-state index contributed by atoms with van der Waals surface area (Å²) in [5, 5.41) is 12.5. The van der Waals surface area contributed by atoms with Gasteiger partial charge in [0.15, 0.2) is 0 Å². The van der Waals surface area contributed by atoms with Crippen molar-refractivity contribution in [1.29, 1.82) is 0 Å². The van der Waals surface area contributed by atoms with Gasteiger partial charge in [-0.25, -0.2) is 8.78 Å². The molecule has 2 fully saturated rings. The summed E-state index contributed by atoms with van der Waals surface area (Å²) < 4.78 is 27.0. The largest absolute Gasteiger partial charge is 0.392 e. The van der Waals surface area contributed by atoms with Crippen molar-refractivity contribution in [3.05, 3.63) is 29.8 Å². The molecule has 7 heteroatoms. The van der Waals surface area contributed by atoms with Crippen molar-refractivity contribution in [3.63, 3.8) is 0 Å². The highest BCUT2D eigenvalue weighted by atomic mass is 19.1. The molecule has 2 aliphatic rings. The first-order valence-electron chi connectivity index (χ1n) is 7.45. The van der Waals surface area contributed by atoms with Crippen LogP contribution in [-0.2, 0) is 4.79 Å². The molecule has 22 heavy (non-hydrogen) atoms. The molecule has 2 heterocycles. The molecule has 0 aromatic heterocycles. The summed E-state index contributed by atoms with van der Waals surface area (Å²) in [6, 6.07) is 3.05. The second-order valence-corrected chi connectivity index (χ2v) is 5.76. The van der Waals surface area contributed by atoms with Gasteiger partial charge in [0, 0.05) is 38.8 Å². The van der Waals surface area contributed by atoms with Crippen LogP contribution in [0.2, 0.25) is 0 Å². The van der Waals surface area contributed by atoms with Crippen LogP contribution >= 0.6 is 0 Å². The Balaban J connectivity index is 1.60. The third kappa shape index (κ3) is 3.05. The highest BCUT2D eigenvalue weighted by molar-refractivity contribution is 5.82. The first kappa shape index (κ1) is 15.2. The lowest BCUT2D eigenvalue weighted by Gasteiger charge is -2.37. The van der Waals surface area contributed by atoms with E-state index in [1.807, 2.05) is 0 Å². The minimum atomic E-state index is -0.475. The van der Waals surface area contributed by atoms with Crippen LogP contribution in [0.1, 0.15) is 6.42 Å². The molecule has 2 N–H and O–H groups in total. The van der Waals surface area contributed by atoms with Gasteiger partial charge in [-0.15, -0.1) is 0 Å². The number of piperazine rings is 1. The van der Waals surface area contributed by atoms with E-state index in [-0.39, 0.29) is 17.6 Å². The number of carbonyl (C=O) groups excluding carboxylic acids is 1. The molecule has 0 aliphatic carbocycles. The maximum atomic E-state index is 13.8. The Hall–Kier alpha value is -1.73. The second-order valence-electron chi connectivity index (χ2n) is 5.76.